The maximum Gasteiger partial charge on any atom is 0.344 e. The molecular weight excluding hydrogens is 372 g/mol. The van der Waals surface area contributed by atoms with Crippen molar-refractivity contribution in [1.29, 1.82) is 0 Å². The van der Waals surface area contributed by atoms with Crippen molar-refractivity contribution in [3.05, 3.63) is 54.1 Å². The first kappa shape index (κ1) is 18.7. The van der Waals surface area contributed by atoms with Crippen molar-refractivity contribution >= 4 is 34.0 Å². The van der Waals surface area contributed by atoms with Crippen molar-refractivity contribution in [2.75, 3.05) is 33.2 Å². The molecule has 2 aromatic heterocycles. The number of esters is 1. The number of anilines is 1. The first-order valence-electron chi connectivity index (χ1n) is 9.01. The van der Waals surface area contributed by atoms with E-state index in [0.29, 0.717) is 27.9 Å². The maximum absolute atomic E-state index is 12.8. The molecule has 2 heterocycles. The smallest absolute Gasteiger partial charge is 0.344 e. The molecule has 0 radical (unpaired) electrons. The third-order valence-corrected chi connectivity index (χ3v) is 4.55. The predicted molar refractivity (Wildman–Crippen MR) is 109 cm³/mol. The van der Waals surface area contributed by atoms with E-state index in [4.69, 9.17) is 24.9 Å². The third kappa shape index (κ3) is 3.34. The summed E-state index contributed by atoms with van der Waals surface area (Å²) in [5, 5.41) is 0. The molecule has 8 nitrogen and oxygen atoms in total. The summed E-state index contributed by atoms with van der Waals surface area (Å²) >= 11 is 0. The minimum absolute atomic E-state index is 0.116. The summed E-state index contributed by atoms with van der Waals surface area (Å²) in [5.74, 6) is 0.351. The Morgan fingerprint density at radius 2 is 1.69 bits per heavy atom. The van der Waals surface area contributed by atoms with Crippen LogP contribution in [0.15, 0.2) is 48.5 Å². The fourth-order valence-corrected chi connectivity index (χ4v) is 3.15. The van der Waals surface area contributed by atoms with E-state index >= 15 is 0 Å². The lowest BCUT2D eigenvalue weighted by atomic mass is 10.2. The minimum atomic E-state index is -0.568. The normalized spacial score (nSPS) is 11.1. The average molecular weight is 392 g/mol. The number of aromatic nitrogens is 3. The second kappa shape index (κ2) is 7.76. The zero-order chi connectivity index (χ0) is 20.4. The van der Waals surface area contributed by atoms with E-state index in [1.165, 1.54) is 7.11 Å². The predicted octanol–water partition coefficient (Wildman–Crippen LogP) is 2.97. The van der Waals surface area contributed by atoms with Gasteiger partial charge in [-0.25, -0.2) is 14.8 Å². The Labute approximate surface area is 166 Å². The molecule has 2 aromatic carbocycles. The quantitative estimate of drug-likeness (QED) is 0.398. The highest BCUT2D eigenvalue weighted by atomic mass is 16.6. The van der Waals surface area contributed by atoms with Crippen LogP contribution in [0.3, 0.4) is 0 Å². The molecule has 0 saturated heterocycles. The number of nitrogens with two attached hydrogens (primary N) is 1. The van der Waals surface area contributed by atoms with Crippen LogP contribution >= 0.6 is 0 Å². The number of methoxy groups -OCH3 is 2. The van der Waals surface area contributed by atoms with Gasteiger partial charge in [-0.1, -0.05) is 12.1 Å². The van der Waals surface area contributed by atoms with Gasteiger partial charge in [0.1, 0.15) is 29.3 Å². The van der Waals surface area contributed by atoms with Gasteiger partial charge >= 0.3 is 5.97 Å². The van der Waals surface area contributed by atoms with Gasteiger partial charge in [-0.15, -0.1) is 0 Å². The Kier molecular flexibility index (Phi) is 5.01. The number of benzene rings is 2. The van der Waals surface area contributed by atoms with Crippen LogP contribution < -0.4 is 10.5 Å². The van der Waals surface area contributed by atoms with Gasteiger partial charge in [0, 0.05) is 12.8 Å². The van der Waals surface area contributed by atoms with Gasteiger partial charge in [0.2, 0.25) is 0 Å². The summed E-state index contributed by atoms with van der Waals surface area (Å²) in [7, 11) is 3.13. The Morgan fingerprint density at radius 1 is 1.00 bits per heavy atom. The number of carbonyl (C=O) groups excluding carboxylic acids is 1. The summed E-state index contributed by atoms with van der Waals surface area (Å²) < 4.78 is 17.2. The van der Waals surface area contributed by atoms with Gasteiger partial charge in [-0.3, -0.25) is 4.57 Å². The minimum Gasteiger partial charge on any atom is -0.497 e. The molecule has 0 aliphatic heterocycles. The Hall–Kier alpha value is -3.65. The first-order chi connectivity index (χ1) is 14.1. The van der Waals surface area contributed by atoms with Crippen LogP contribution in [0.25, 0.3) is 27.9 Å². The standard InChI is InChI=1S/C21H20N4O4/c1-27-11-12-29-21(26)17-18-20(24-16-6-4-3-5-15(16)23-18)25(19(17)22)13-7-9-14(28-2)10-8-13/h3-10H,11-12,22H2,1-2H3. The number of para-hydroxylation sites is 2. The lowest BCUT2D eigenvalue weighted by Gasteiger charge is -2.09. The Morgan fingerprint density at radius 3 is 2.34 bits per heavy atom. The van der Waals surface area contributed by atoms with E-state index < -0.39 is 5.97 Å². The summed E-state index contributed by atoms with van der Waals surface area (Å²) in [6.45, 7) is 0.405. The number of hydrogen-bond acceptors (Lipinski definition) is 7. The number of carbonyl (C=O) groups is 1. The van der Waals surface area contributed by atoms with Crippen LogP contribution in [0.4, 0.5) is 5.82 Å². The van der Waals surface area contributed by atoms with Gasteiger partial charge in [0.25, 0.3) is 0 Å². The highest BCUT2D eigenvalue weighted by molar-refractivity contribution is 6.09. The maximum atomic E-state index is 12.8. The molecule has 0 saturated carbocycles. The molecule has 0 fully saturated rings. The molecular formula is C21H20N4O4. The Bertz CT molecular complexity index is 1180. The second-order valence-corrected chi connectivity index (χ2v) is 6.31. The summed E-state index contributed by atoms with van der Waals surface area (Å²) in [6.07, 6.45) is 0. The summed E-state index contributed by atoms with van der Waals surface area (Å²) in [4.78, 5) is 22.1. The van der Waals surface area contributed by atoms with Crippen molar-refractivity contribution in [3.63, 3.8) is 0 Å². The fraction of sp³-hybridized carbons (Fsp3) is 0.190. The van der Waals surface area contributed by atoms with Crippen molar-refractivity contribution in [2.45, 2.75) is 0 Å². The molecule has 2 N–H and O–H groups in total. The van der Waals surface area contributed by atoms with E-state index in [9.17, 15) is 4.79 Å². The average Bonchev–Trinajstić information content (AvgIpc) is 3.03. The van der Waals surface area contributed by atoms with Crippen molar-refractivity contribution in [3.8, 4) is 11.4 Å². The van der Waals surface area contributed by atoms with Gasteiger partial charge in [0.15, 0.2) is 5.65 Å². The molecule has 0 aliphatic carbocycles. The summed E-state index contributed by atoms with van der Waals surface area (Å²) in [5.41, 5.74) is 9.55. The van der Waals surface area contributed by atoms with Crippen LogP contribution in [0.1, 0.15) is 10.4 Å². The monoisotopic (exact) mass is 392 g/mol. The molecule has 29 heavy (non-hydrogen) atoms. The van der Waals surface area contributed by atoms with Crippen LogP contribution in [0.5, 0.6) is 5.75 Å². The topological polar surface area (TPSA) is 101 Å². The number of ether oxygens (including phenoxy) is 3. The lowest BCUT2D eigenvalue weighted by molar-refractivity contribution is 0.0391. The van der Waals surface area contributed by atoms with Crippen LogP contribution in [-0.2, 0) is 9.47 Å². The SMILES string of the molecule is COCCOC(=O)c1c(N)n(-c2ccc(OC)cc2)c2nc3ccccc3nc12. The molecule has 0 aliphatic rings. The fourth-order valence-electron chi connectivity index (χ4n) is 3.15. The number of nitrogens with zero attached hydrogens (tertiary/aromatic N) is 3. The molecule has 4 rings (SSSR count). The second-order valence-electron chi connectivity index (χ2n) is 6.31. The molecule has 0 atom stereocenters. The molecule has 8 heteroatoms. The first-order valence-corrected chi connectivity index (χ1v) is 9.01. The summed E-state index contributed by atoms with van der Waals surface area (Å²) in [6, 6.07) is 14.7. The number of hydrogen-bond donors (Lipinski definition) is 1. The molecule has 0 bridgehead atoms. The number of fused-ring (bicyclic) bond motifs is 2. The van der Waals surface area contributed by atoms with Crippen molar-refractivity contribution in [1.82, 2.24) is 14.5 Å². The molecule has 0 unspecified atom stereocenters. The third-order valence-electron chi connectivity index (χ3n) is 4.55. The van der Waals surface area contributed by atoms with Gasteiger partial charge in [-0.2, -0.15) is 0 Å². The highest BCUT2D eigenvalue weighted by Crippen LogP contribution is 2.32. The van der Waals surface area contributed by atoms with Crippen LogP contribution in [0.2, 0.25) is 0 Å². The molecule has 0 amide bonds. The van der Waals surface area contributed by atoms with E-state index in [2.05, 4.69) is 4.98 Å². The zero-order valence-electron chi connectivity index (χ0n) is 16.1. The van der Waals surface area contributed by atoms with E-state index in [0.717, 1.165) is 5.69 Å². The molecule has 0 spiro atoms. The number of rotatable bonds is 6. The largest absolute Gasteiger partial charge is 0.497 e. The van der Waals surface area contributed by atoms with E-state index in [-0.39, 0.29) is 24.6 Å². The number of nitrogen functional groups attached to an aromatic ring is 1. The molecule has 148 valence electrons. The van der Waals surface area contributed by atoms with Gasteiger partial charge in [-0.05, 0) is 36.4 Å². The van der Waals surface area contributed by atoms with Gasteiger partial charge < -0.3 is 19.9 Å². The Balaban J connectivity index is 1.94. The van der Waals surface area contributed by atoms with Crippen molar-refractivity contribution in [2.24, 2.45) is 0 Å². The van der Waals surface area contributed by atoms with Gasteiger partial charge in [0.05, 0.1) is 24.8 Å². The van der Waals surface area contributed by atoms with Crippen LogP contribution in [-0.4, -0.2) is 47.9 Å². The van der Waals surface area contributed by atoms with Crippen LogP contribution in [0, 0.1) is 0 Å². The van der Waals surface area contributed by atoms with E-state index in [1.54, 1.807) is 11.7 Å². The molecule has 4 aromatic rings. The highest BCUT2D eigenvalue weighted by Gasteiger charge is 2.25. The van der Waals surface area contributed by atoms with E-state index in [1.807, 2.05) is 48.5 Å². The lowest BCUT2D eigenvalue weighted by Crippen LogP contribution is -2.12. The van der Waals surface area contributed by atoms with Crippen molar-refractivity contribution < 1.29 is 19.0 Å². The zero-order valence-corrected chi connectivity index (χ0v) is 16.1.